The van der Waals surface area contributed by atoms with E-state index in [2.05, 4.69) is 4.98 Å². The second-order valence-electron chi connectivity index (χ2n) is 3.90. The number of aliphatic hydroxyl groups excluding tert-OH is 1. The minimum absolute atomic E-state index is 0.513. The van der Waals surface area contributed by atoms with E-state index in [1.54, 1.807) is 6.20 Å². The average molecular weight is 243 g/mol. The van der Waals surface area contributed by atoms with Gasteiger partial charge in [-0.3, -0.25) is 9.88 Å². The third-order valence-electron chi connectivity index (χ3n) is 2.64. The van der Waals surface area contributed by atoms with Gasteiger partial charge in [0.05, 0.1) is 18.2 Å². The van der Waals surface area contributed by atoms with Gasteiger partial charge in [0.1, 0.15) is 5.69 Å². The van der Waals surface area contributed by atoms with Crippen LogP contribution in [0.4, 0.5) is 0 Å². The lowest BCUT2D eigenvalue weighted by atomic mass is 10.2. The Kier molecular flexibility index (Phi) is 3.76. The Morgan fingerprint density at radius 3 is 2.81 bits per heavy atom. The van der Waals surface area contributed by atoms with E-state index >= 15 is 0 Å². The standard InChI is InChI=1S/C11H15ClN2O2/c1-8-6-9(12)10(13-7-8)11(15)14-2-4-16-5-3-14/h6-7,11,15H,2-5H2,1H3. The number of aliphatic hydroxyl groups is 1. The van der Waals surface area contributed by atoms with Gasteiger partial charge in [0.2, 0.25) is 0 Å². The van der Waals surface area contributed by atoms with E-state index in [0.717, 1.165) is 5.56 Å². The Bertz CT molecular complexity index is 367. The van der Waals surface area contributed by atoms with Crippen molar-refractivity contribution in [1.29, 1.82) is 0 Å². The number of pyridine rings is 1. The maximum Gasteiger partial charge on any atom is 0.152 e. The topological polar surface area (TPSA) is 45.6 Å². The molecular weight excluding hydrogens is 228 g/mol. The molecule has 1 fully saturated rings. The van der Waals surface area contributed by atoms with Crippen molar-refractivity contribution < 1.29 is 9.84 Å². The van der Waals surface area contributed by atoms with E-state index in [0.29, 0.717) is 37.0 Å². The van der Waals surface area contributed by atoms with Crippen LogP contribution in [0.5, 0.6) is 0 Å². The van der Waals surface area contributed by atoms with Gasteiger partial charge in [0, 0.05) is 19.3 Å². The first-order chi connectivity index (χ1) is 7.68. The SMILES string of the molecule is Cc1cnc(C(O)N2CCOCC2)c(Cl)c1. The van der Waals surface area contributed by atoms with Crippen molar-refractivity contribution in [2.45, 2.75) is 13.2 Å². The lowest BCUT2D eigenvalue weighted by Crippen LogP contribution is -2.39. The third-order valence-corrected chi connectivity index (χ3v) is 2.95. The molecule has 4 nitrogen and oxygen atoms in total. The molecule has 1 aliphatic rings. The monoisotopic (exact) mass is 242 g/mol. The fraction of sp³-hybridized carbons (Fsp3) is 0.545. The Morgan fingerprint density at radius 2 is 2.19 bits per heavy atom. The molecule has 1 aliphatic heterocycles. The van der Waals surface area contributed by atoms with Gasteiger partial charge in [-0.1, -0.05) is 11.6 Å². The number of aromatic nitrogens is 1. The molecule has 1 saturated heterocycles. The first-order valence-corrected chi connectivity index (χ1v) is 5.68. The molecule has 1 N–H and O–H groups in total. The highest BCUT2D eigenvalue weighted by Gasteiger charge is 2.23. The normalized spacial score (nSPS) is 19.7. The molecule has 1 unspecified atom stereocenters. The average Bonchev–Trinajstić information content (AvgIpc) is 2.29. The van der Waals surface area contributed by atoms with Gasteiger partial charge in [-0.05, 0) is 18.6 Å². The third kappa shape index (κ3) is 2.52. The van der Waals surface area contributed by atoms with E-state index in [-0.39, 0.29) is 0 Å². The zero-order valence-corrected chi connectivity index (χ0v) is 9.94. The van der Waals surface area contributed by atoms with Gasteiger partial charge in [0.25, 0.3) is 0 Å². The van der Waals surface area contributed by atoms with Crippen LogP contribution in [0.3, 0.4) is 0 Å². The molecule has 1 aromatic heterocycles. The van der Waals surface area contributed by atoms with Gasteiger partial charge >= 0.3 is 0 Å². The molecule has 2 heterocycles. The highest BCUT2D eigenvalue weighted by molar-refractivity contribution is 6.31. The summed E-state index contributed by atoms with van der Waals surface area (Å²) in [6.07, 6.45) is 0.974. The van der Waals surface area contributed by atoms with Crippen LogP contribution < -0.4 is 0 Å². The molecular formula is C11H15ClN2O2. The quantitative estimate of drug-likeness (QED) is 0.851. The van der Waals surface area contributed by atoms with E-state index in [4.69, 9.17) is 16.3 Å². The van der Waals surface area contributed by atoms with Crippen molar-refractivity contribution in [2.24, 2.45) is 0 Å². The van der Waals surface area contributed by atoms with E-state index in [9.17, 15) is 5.11 Å². The number of rotatable bonds is 2. The Hall–Kier alpha value is -0.680. The Balaban J connectivity index is 2.15. The lowest BCUT2D eigenvalue weighted by Gasteiger charge is -2.31. The zero-order chi connectivity index (χ0) is 11.5. The molecule has 0 bridgehead atoms. The number of hydrogen-bond acceptors (Lipinski definition) is 4. The van der Waals surface area contributed by atoms with Gasteiger partial charge < -0.3 is 9.84 Å². The van der Waals surface area contributed by atoms with Gasteiger partial charge in [0.15, 0.2) is 6.23 Å². The minimum atomic E-state index is -0.739. The van der Waals surface area contributed by atoms with E-state index < -0.39 is 6.23 Å². The number of nitrogens with zero attached hydrogens (tertiary/aromatic N) is 2. The highest BCUT2D eigenvalue weighted by Crippen LogP contribution is 2.24. The van der Waals surface area contributed by atoms with Crippen molar-refractivity contribution in [3.05, 3.63) is 28.5 Å². The molecule has 0 aliphatic carbocycles. The maximum atomic E-state index is 10.1. The van der Waals surface area contributed by atoms with Crippen molar-refractivity contribution in [2.75, 3.05) is 26.3 Å². The van der Waals surface area contributed by atoms with Crippen LogP contribution in [-0.4, -0.2) is 41.3 Å². The second-order valence-corrected chi connectivity index (χ2v) is 4.31. The first kappa shape index (κ1) is 11.8. The van der Waals surface area contributed by atoms with Crippen LogP contribution in [0.1, 0.15) is 17.5 Å². The number of aryl methyl sites for hydroxylation is 1. The summed E-state index contributed by atoms with van der Waals surface area (Å²) in [7, 11) is 0. The summed E-state index contributed by atoms with van der Waals surface area (Å²) in [5.74, 6) is 0. The van der Waals surface area contributed by atoms with Crippen LogP contribution in [0.25, 0.3) is 0 Å². The summed E-state index contributed by atoms with van der Waals surface area (Å²) in [6.45, 7) is 4.60. The molecule has 5 heteroatoms. The summed E-state index contributed by atoms with van der Waals surface area (Å²) in [5.41, 5.74) is 1.51. The van der Waals surface area contributed by atoms with Gasteiger partial charge in [-0.25, -0.2) is 0 Å². The molecule has 0 radical (unpaired) electrons. The molecule has 1 atom stereocenters. The van der Waals surface area contributed by atoms with Crippen LogP contribution in [0.2, 0.25) is 5.02 Å². The van der Waals surface area contributed by atoms with Gasteiger partial charge in [-0.15, -0.1) is 0 Å². The van der Waals surface area contributed by atoms with E-state index in [1.807, 2.05) is 17.9 Å². The smallest absolute Gasteiger partial charge is 0.152 e. The molecule has 2 rings (SSSR count). The Morgan fingerprint density at radius 1 is 1.50 bits per heavy atom. The van der Waals surface area contributed by atoms with Crippen LogP contribution >= 0.6 is 11.6 Å². The largest absolute Gasteiger partial charge is 0.379 e. The minimum Gasteiger partial charge on any atom is -0.379 e. The molecule has 16 heavy (non-hydrogen) atoms. The summed E-state index contributed by atoms with van der Waals surface area (Å²) >= 11 is 6.06. The first-order valence-electron chi connectivity index (χ1n) is 5.30. The van der Waals surface area contributed by atoms with Gasteiger partial charge in [-0.2, -0.15) is 0 Å². The Labute approximate surface area is 99.8 Å². The summed E-state index contributed by atoms with van der Waals surface area (Å²) in [4.78, 5) is 6.10. The van der Waals surface area contributed by atoms with Crippen molar-refractivity contribution >= 4 is 11.6 Å². The van der Waals surface area contributed by atoms with E-state index in [1.165, 1.54) is 0 Å². The van der Waals surface area contributed by atoms with Crippen molar-refractivity contribution in [3.63, 3.8) is 0 Å². The number of morpholine rings is 1. The predicted octanol–water partition coefficient (Wildman–Crippen LogP) is 1.37. The lowest BCUT2D eigenvalue weighted by molar-refractivity contribution is -0.0622. The number of halogens is 1. The molecule has 0 saturated carbocycles. The fourth-order valence-corrected chi connectivity index (χ4v) is 2.05. The highest BCUT2D eigenvalue weighted by atomic mass is 35.5. The number of hydrogen-bond donors (Lipinski definition) is 1. The molecule has 0 spiro atoms. The summed E-state index contributed by atoms with van der Waals surface area (Å²) < 4.78 is 5.23. The summed E-state index contributed by atoms with van der Waals surface area (Å²) in [5, 5.41) is 10.7. The van der Waals surface area contributed by atoms with Crippen molar-refractivity contribution in [3.8, 4) is 0 Å². The summed E-state index contributed by atoms with van der Waals surface area (Å²) in [6, 6.07) is 1.81. The van der Waals surface area contributed by atoms with Crippen LogP contribution in [0.15, 0.2) is 12.3 Å². The molecule has 0 amide bonds. The van der Waals surface area contributed by atoms with Crippen LogP contribution in [0, 0.1) is 6.92 Å². The van der Waals surface area contributed by atoms with Crippen LogP contribution in [-0.2, 0) is 4.74 Å². The molecule has 1 aromatic rings. The maximum absolute atomic E-state index is 10.1. The number of ether oxygens (including phenoxy) is 1. The fourth-order valence-electron chi connectivity index (χ4n) is 1.73. The molecule has 0 aromatic carbocycles. The predicted molar refractivity (Wildman–Crippen MR) is 61.3 cm³/mol. The van der Waals surface area contributed by atoms with Crippen molar-refractivity contribution in [1.82, 2.24) is 9.88 Å². The second kappa shape index (κ2) is 5.10. The molecule has 88 valence electrons. The zero-order valence-electron chi connectivity index (χ0n) is 9.19.